The van der Waals surface area contributed by atoms with Crippen LogP contribution >= 0.6 is 22.6 Å². The molecule has 108 valence electrons. The molecule has 0 atom stereocenters. The SMILES string of the molecule is O=C(OCC(F)(F)C(=O)[O-])c1ccc(I)cc1[N+](=O)[O-]. The van der Waals surface area contributed by atoms with Gasteiger partial charge in [-0.1, -0.05) is 0 Å². The van der Waals surface area contributed by atoms with Gasteiger partial charge in [0.1, 0.15) is 11.5 Å². The zero-order valence-electron chi connectivity index (χ0n) is 9.47. The van der Waals surface area contributed by atoms with Gasteiger partial charge in [0, 0.05) is 9.64 Å². The molecular weight excluding hydrogens is 395 g/mol. The highest BCUT2D eigenvalue weighted by molar-refractivity contribution is 14.1. The van der Waals surface area contributed by atoms with Crippen molar-refractivity contribution >= 4 is 40.2 Å². The summed E-state index contributed by atoms with van der Waals surface area (Å²) >= 11 is 1.76. The lowest BCUT2D eigenvalue weighted by atomic mass is 10.2. The number of nitrogens with zero attached hydrogens (tertiary/aromatic N) is 1. The van der Waals surface area contributed by atoms with Gasteiger partial charge >= 0.3 is 11.9 Å². The molecule has 0 spiro atoms. The van der Waals surface area contributed by atoms with Crippen molar-refractivity contribution in [1.82, 2.24) is 0 Å². The number of nitro groups is 1. The minimum absolute atomic E-state index is 0.450. The smallest absolute Gasteiger partial charge is 0.345 e. The summed E-state index contributed by atoms with van der Waals surface area (Å²) in [7, 11) is 0. The number of hydrogen-bond acceptors (Lipinski definition) is 6. The summed E-state index contributed by atoms with van der Waals surface area (Å²) < 4.78 is 29.9. The van der Waals surface area contributed by atoms with Gasteiger partial charge in [-0.05, 0) is 34.7 Å². The predicted molar refractivity (Wildman–Crippen MR) is 66.0 cm³/mol. The molecule has 0 N–H and O–H groups in total. The third-order valence-electron chi connectivity index (χ3n) is 2.06. The first kappa shape index (κ1) is 16.2. The molecule has 1 rings (SSSR count). The molecule has 0 saturated carbocycles. The number of carbonyl (C=O) groups excluding carboxylic acids is 2. The zero-order chi connectivity index (χ0) is 15.5. The Morgan fingerprint density at radius 2 is 2.00 bits per heavy atom. The van der Waals surface area contributed by atoms with Crippen LogP contribution in [0.3, 0.4) is 0 Å². The highest BCUT2D eigenvalue weighted by Crippen LogP contribution is 2.23. The highest BCUT2D eigenvalue weighted by atomic mass is 127. The van der Waals surface area contributed by atoms with Crippen LogP contribution in [0.15, 0.2) is 18.2 Å². The fourth-order valence-electron chi connectivity index (χ4n) is 1.12. The summed E-state index contributed by atoms with van der Waals surface area (Å²) in [5.41, 5.74) is -1.18. The number of nitro benzene ring substituents is 1. The van der Waals surface area contributed by atoms with Crippen LogP contribution in [-0.4, -0.2) is 29.4 Å². The minimum atomic E-state index is -4.37. The predicted octanol–water partition coefficient (Wildman–Crippen LogP) is 0.741. The van der Waals surface area contributed by atoms with E-state index in [1.54, 1.807) is 22.6 Å². The van der Waals surface area contributed by atoms with Crippen molar-refractivity contribution < 1.29 is 33.1 Å². The maximum Gasteiger partial charge on any atom is 0.345 e. The second-order valence-corrected chi connectivity index (χ2v) is 4.73. The summed E-state index contributed by atoms with van der Waals surface area (Å²) in [5, 5.41) is 20.8. The van der Waals surface area contributed by atoms with Gasteiger partial charge < -0.3 is 14.6 Å². The van der Waals surface area contributed by atoms with Gasteiger partial charge in [0.05, 0.1) is 4.92 Å². The second kappa shape index (κ2) is 6.07. The molecule has 0 radical (unpaired) electrons. The van der Waals surface area contributed by atoms with Crippen molar-refractivity contribution in [3.63, 3.8) is 0 Å². The van der Waals surface area contributed by atoms with Gasteiger partial charge in [-0.2, -0.15) is 8.78 Å². The van der Waals surface area contributed by atoms with Crippen LogP contribution in [0.1, 0.15) is 10.4 Å². The summed E-state index contributed by atoms with van der Waals surface area (Å²) in [5.74, 6) is -8.50. The van der Waals surface area contributed by atoms with Crippen molar-refractivity contribution in [2.75, 3.05) is 6.61 Å². The Balaban J connectivity index is 2.94. The van der Waals surface area contributed by atoms with E-state index in [0.29, 0.717) is 3.57 Å². The summed E-state index contributed by atoms with van der Waals surface area (Å²) in [4.78, 5) is 31.4. The van der Waals surface area contributed by atoms with E-state index >= 15 is 0 Å². The molecule has 1 aromatic rings. The molecule has 10 heteroatoms. The number of hydrogen-bond donors (Lipinski definition) is 0. The lowest BCUT2D eigenvalue weighted by molar-refractivity contribution is -0.385. The third-order valence-corrected chi connectivity index (χ3v) is 2.73. The number of benzene rings is 1. The Bertz CT molecular complexity index is 577. The molecular formula is C10H5F2INO6-. The number of carbonyl (C=O) groups is 2. The maximum absolute atomic E-state index is 12.7. The number of alkyl halides is 2. The molecule has 0 bridgehead atoms. The van der Waals surface area contributed by atoms with Crippen LogP contribution in [0.4, 0.5) is 14.5 Å². The normalized spacial score (nSPS) is 10.9. The fourth-order valence-corrected chi connectivity index (χ4v) is 1.60. The standard InChI is InChI=1S/C10H6F2INO6/c11-10(12,9(16)17)4-20-8(15)6-2-1-5(13)3-7(6)14(18)19/h1-3H,4H2,(H,16,17)/p-1. The number of halogens is 3. The van der Waals surface area contributed by atoms with E-state index in [4.69, 9.17) is 0 Å². The number of carboxylic acid groups (broad SMARTS) is 1. The van der Waals surface area contributed by atoms with Gasteiger partial charge in [-0.25, -0.2) is 4.79 Å². The fraction of sp³-hybridized carbons (Fsp3) is 0.200. The van der Waals surface area contributed by atoms with Crippen molar-refractivity contribution in [3.8, 4) is 0 Å². The van der Waals surface area contributed by atoms with E-state index in [1.807, 2.05) is 0 Å². The van der Waals surface area contributed by atoms with E-state index in [1.165, 1.54) is 6.07 Å². The number of aliphatic carboxylic acids is 1. The van der Waals surface area contributed by atoms with Crippen molar-refractivity contribution in [1.29, 1.82) is 0 Å². The average molecular weight is 400 g/mol. The van der Waals surface area contributed by atoms with Crippen LogP contribution in [0, 0.1) is 13.7 Å². The lowest BCUT2D eigenvalue weighted by Crippen LogP contribution is -2.45. The molecule has 0 saturated heterocycles. The number of ether oxygens (including phenoxy) is 1. The van der Waals surface area contributed by atoms with Crippen LogP contribution in [-0.2, 0) is 9.53 Å². The molecule has 0 aromatic heterocycles. The lowest BCUT2D eigenvalue weighted by Gasteiger charge is -2.16. The van der Waals surface area contributed by atoms with Crippen LogP contribution < -0.4 is 5.11 Å². The van der Waals surface area contributed by atoms with Gasteiger partial charge in [-0.15, -0.1) is 0 Å². The van der Waals surface area contributed by atoms with Gasteiger partial charge in [0.2, 0.25) is 0 Å². The van der Waals surface area contributed by atoms with Crippen LogP contribution in [0.5, 0.6) is 0 Å². The Labute approximate surface area is 123 Å². The zero-order valence-corrected chi connectivity index (χ0v) is 11.6. The van der Waals surface area contributed by atoms with Crippen molar-refractivity contribution in [3.05, 3.63) is 37.4 Å². The molecule has 0 unspecified atom stereocenters. The van der Waals surface area contributed by atoms with E-state index < -0.39 is 40.6 Å². The summed E-state index contributed by atoms with van der Waals surface area (Å²) in [6, 6.07) is 3.41. The van der Waals surface area contributed by atoms with E-state index in [2.05, 4.69) is 4.74 Å². The largest absolute Gasteiger partial charge is 0.544 e. The Hall–Kier alpha value is -1.85. The molecule has 7 nitrogen and oxygen atoms in total. The van der Waals surface area contributed by atoms with Gasteiger partial charge in [0.25, 0.3) is 5.69 Å². The molecule has 0 aliphatic rings. The monoisotopic (exact) mass is 400 g/mol. The first-order valence-corrected chi connectivity index (χ1v) is 5.93. The minimum Gasteiger partial charge on any atom is -0.544 e. The van der Waals surface area contributed by atoms with E-state index in [-0.39, 0.29) is 0 Å². The Morgan fingerprint density at radius 1 is 1.40 bits per heavy atom. The average Bonchev–Trinajstić information content (AvgIpc) is 2.35. The molecule has 0 aliphatic heterocycles. The molecule has 0 heterocycles. The quantitative estimate of drug-likeness (QED) is 0.312. The summed E-state index contributed by atoms with van der Waals surface area (Å²) in [6.07, 6.45) is 0. The van der Waals surface area contributed by atoms with Crippen molar-refractivity contribution in [2.24, 2.45) is 0 Å². The van der Waals surface area contributed by atoms with Gasteiger partial charge in [-0.3, -0.25) is 10.1 Å². The first-order valence-electron chi connectivity index (χ1n) is 4.85. The number of rotatable bonds is 5. The van der Waals surface area contributed by atoms with Crippen molar-refractivity contribution in [2.45, 2.75) is 5.92 Å². The third kappa shape index (κ3) is 3.82. The van der Waals surface area contributed by atoms with E-state index in [9.17, 15) is 33.6 Å². The molecule has 0 aliphatic carbocycles. The summed E-state index contributed by atoms with van der Waals surface area (Å²) in [6.45, 7) is -1.77. The van der Waals surface area contributed by atoms with Crippen LogP contribution in [0.25, 0.3) is 0 Å². The molecule has 0 amide bonds. The number of esters is 1. The maximum atomic E-state index is 12.7. The molecule has 1 aromatic carbocycles. The number of carboxylic acids is 1. The first-order chi connectivity index (χ1) is 9.15. The topological polar surface area (TPSA) is 110 Å². The van der Waals surface area contributed by atoms with Gasteiger partial charge in [0.15, 0.2) is 6.61 Å². The van der Waals surface area contributed by atoms with Crippen LogP contribution in [0.2, 0.25) is 0 Å². The molecule has 0 fully saturated rings. The Morgan fingerprint density at radius 3 is 2.50 bits per heavy atom. The second-order valence-electron chi connectivity index (χ2n) is 3.49. The van der Waals surface area contributed by atoms with E-state index in [0.717, 1.165) is 12.1 Å². The highest BCUT2D eigenvalue weighted by Gasteiger charge is 2.34. The Kier molecular flexibility index (Phi) is 4.92. The molecule has 20 heavy (non-hydrogen) atoms.